The first-order valence-corrected chi connectivity index (χ1v) is 7.58. The van der Waals surface area contributed by atoms with Gasteiger partial charge in [0, 0.05) is 18.0 Å². The molecule has 3 rings (SSSR count). The Labute approximate surface area is 126 Å². The van der Waals surface area contributed by atoms with Gasteiger partial charge in [0.15, 0.2) is 0 Å². The Kier molecular flexibility index (Phi) is 3.36. The van der Waals surface area contributed by atoms with Crippen LogP contribution in [-0.2, 0) is 6.54 Å². The summed E-state index contributed by atoms with van der Waals surface area (Å²) in [5.74, 6) is 2.47. The lowest BCUT2D eigenvalue weighted by molar-refractivity contribution is 0.750. The summed E-state index contributed by atoms with van der Waals surface area (Å²) in [6, 6.07) is 4.40. The number of nitrogen functional groups attached to an aromatic ring is 1. The molecule has 0 atom stereocenters. The monoisotopic (exact) mass is 281 g/mol. The Morgan fingerprint density at radius 3 is 2.43 bits per heavy atom. The van der Waals surface area contributed by atoms with Gasteiger partial charge < -0.3 is 10.3 Å². The van der Waals surface area contributed by atoms with E-state index < -0.39 is 0 Å². The highest BCUT2D eigenvalue weighted by molar-refractivity contribution is 5.77. The van der Waals surface area contributed by atoms with Gasteiger partial charge in [-0.2, -0.15) is 0 Å². The molecule has 0 spiro atoms. The van der Waals surface area contributed by atoms with Crippen LogP contribution in [0.5, 0.6) is 0 Å². The molecule has 1 heterocycles. The van der Waals surface area contributed by atoms with Crippen LogP contribution in [0.2, 0.25) is 0 Å². The van der Waals surface area contributed by atoms with Gasteiger partial charge in [-0.15, -0.1) is 6.58 Å². The van der Waals surface area contributed by atoms with Crippen molar-refractivity contribution >= 4 is 5.82 Å². The van der Waals surface area contributed by atoms with E-state index in [4.69, 9.17) is 10.7 Å². The summed E-state index contributed by atoms with van der Waals surface area (Å²) in [7, 11) is 0. The predicted octanol–water partition coefficient (Wildman–Crippen LogP) is 4.12. The third kappa shape index (κ3) is 2.37. The zero-order chi connectivity index (χ0) is 15.1. The molecule has 1 aromatic heterocycles. The van der Waals surface area contributed by atoms with E-state index in [2.05, 4.69) is 44.0 Å². The minimum absolute atomic E-state index is 0.576. The van der Waals surface area contributed by atoms with Gasteiger partial charge in [0.2, 0.25) is 0 Å². The summed E-state index contributed by atoms with van der Waals surface area (Å²) in [5, 5.41) is 0. The van der Waals surface area contributed by atoms with E-state index in [9.17, 15) is 0 Å². The van der Waals surface area contributed by atoms with Gasteiger partial charge in [-0.25, -0.2) is 4.98 Å². The van der Waals surface area contributed by atoms with Crippen LogP contribution in [-0.4, -0.2) is 9.55 Å². The Balaban J connectivity index is 2.19. The largest absolute Gasteiger partial charge is 0.383 e. The van der Waals surface area contributed by atoms with Crippen LogP contribution < -0.4 is 5.73 Å². The summed E-state index contributed by atoms with van der Waals surface area (Å²) >= 11 is 0. The fourth-order valence-corrected chi connectivity index (χ4v) is 3.20. The smallest absolute Gasteiger partial charge is 0.132 e. The number of aromatic nitrogens is 2. The molecule has 1 aromatic carbocycles. The zero-order valence-electron chi connectivity index (χ0n) is 13.1. The third-order valence-electron chi connectivity index (χ3n) is 4.20. The summed E-state index contributed by atoms with van der Waals surface area (Å²) in [5.41, 5.74) is 12.3. The molecular weight excluding hydrogens is 258 g/mol. The summed E-state index contributed by atoms with van der Waals surface area (Å²) in [4.78, 5) is 4.90. The number of nitrogens with two attached hydrogens (primary N) is 1. The van der Waals surface area contributed by atoms with Crippen molar-refractivity contribution in [3.63, 3.8) is 0 Å². The summed E-state index contributed by atoms with van der Waals surface area (Å²) in [6.45, 7) is 11.0. The fraction of sp³-hybridized carbons (Fsp3) is 0.389. The molecule has 1 aliphatic carbocycles. The molecule has 0 bridgehead atoms. The van der Waals surface area contributed by atoms with Gasteiger partial charge in [0.1, 0.15) is 17.3 Å². The molecule has 2 aromatic rings. The highest BCUT2D eigenvalue weighted by Crippen LogP contribution is 2.43. The Morgan fingerprint density at radius 2 is 1.90 bits per heavy atom. The first kappa shape index (κ1) is 13.9. The minimum atomic E-state index is 0.576. The number of aryl methyl sites for hydroxylation is 3. The molecule has 0 saturated heterocycles. The van der Waals surface area contributed by atoms with Crippen molar-refractivity contribution in [3.05, 3.63) is 47.3 Å². The molecular formula is C18H23N3. The quantitative estimate of drug-likeness (QED) is 0.857. The molecule has 3 nitrogen and oxygen atoms in total. The van der Waals surface area contributed by atoms with E-state index in [1.54, 1.807) is 0 Å². The van der Waals surface area contributed by atoms with Crippen molar-refractivity contribution in [2.45, 2.75) is 46.1 Å². The Hall–Kier alpha value is -2.03. The third-order valence-corrected chi connectivity index (χ3v) is 4.20. The topological polar surface area (TPSA) is 43.8 Å². The maximum absolute atomic E-state index is 6.42. The van der Waals surface area contributed by atoms with Gasteiger partial charge in [0.25, 0.3) is 0 Å². The van der Waals surface area contributed by atoms with Crippen LogP contribution in [0.3, 0.4) is 0 Å². The first-order chi connectivity index (χ1) is 10.0. The van der Waals surface area contributed by atoms with E-state index in [0.717, 1.165) is 23.9 Å². The Morgan fingerprint density at radius 1 is 1.29 bits per heavy atom. The molecule has 2 N–H and O–H groups in total. The van der Waals surface area contributed by atoms with Gasteiger partial charge in [0.05, 0.1) is 0 Å². The van der Waals surface area contributed by atoms with Crippen LogP contribution in [0.25, 0.3) is 11.3 Å². The van der Waals surface area contributed by atoms with E-state index in [1.807, 2.05) is 6.08 Å². The fourth-order valence-electron chi connectivity index (χ4n) is 3.20. The number of rotatable bonds is 4. The predicted molar refractivity (Wildman–Crippen MR) is 88.5 cm³/mol. The number of hydrogen-bond acceptors (Lipinski definition) is 2. The summed E-state index contributed by atoms with van der Waals surface area (Å²) < 4.78 is 2.12. The van der Waals surface area contributed by atoms with Crippen molar-refractivity contribution in [2.75, 3.05) is 5.73 Å². The van der Waals surface area contributed by atoms with Crippen molar-refractivity contribution in [1.29, 1.82) is 0 Å². The molecule has 110 valence electrons. The van der Waals surface area contributed by atoms with Crippen molar-refractivity contribution in [1.82, 2.24) is 9.55 Å². The second kappa shape index (κ2) is 5.06. The van der Waals surface area contributed by atoms with Gasteiger partial charge in [-0.3, -0.25) is 0 Å². The number of hydrogen-bond donors (Lipinski definition) is 1. The van der Waals surface area contributed by atoms with Crippen LogP contribution in [0.15, 0.2) is 24.8 Å². The SMILES string of the molecule is C=CCn1c(C2CC2)nc(-c2c(C)cc(C)cc2C)c1N. The van der Waals surface area contributed by atoms with Gasteiger partial charge in [-0.05, 0) is 44.7 Å². The van der Waals surface area contributed by atoms with Crippen molar-refractivity contribution in [2.24, 2.45) is 0 Å². The maximum Gasteiger partial charge on any atom is 0.132 e. The van der Waals surface area contributed by atoms with Crippen LogP contribution >= 0.6 is 0 Å². The number of allylic oxidation sites excluding steroid dienone is 1. The highest BCUT2D eigenvalue weighted by atomic mass is 15.1. The average molecular weight is 281 g/mol. The van der Waals surface area contributed by atoms with Crippen molar-refractivity contribution < 1.29 is 0 Å². The molecule has 0 aliphatic heterocycles. The zero-order valence-corrected chi connectivity index (χ0v) is 13.1. The molecule has 21 heavy (non-hydrogen) atoms. The Bertz CT molecular complexity index is 682. The second-order valence-electron chi connectivity index (χ2n) is 6.15. The molecule has 0 unspecified atom stereocenters. The van der Waals surface area contributed by atoms with Crippen molar-refractivity contribution in [3.8, 4) is 11.3 Å². The number of benzene rings is 1. The molecule has 0 radical (unpaired) electrons. The van der Waals surface area contributed by atoms with E-state index in [1.165, 1.54) is 35.1 Å². The first-order valence-electron chi connectivity index (χ1n) is 7.58. The molecule has 1 saturated carbocycles. The van der Waals surface area contributed by atoms with E-state index >= 15 is 0 Å². The number of anilines is 1. The normalized spacial score (nSPS) is 14.4. The molecule has 3 heteroatoms. The van der Waals surface area contributed by atoms with Crippen LogP contribution in [0.4, 0.5) is 5.82 Å². The molecule has 1 aliphatic rings. The maximum atomic E-state index is 6.42. The summed E-state index contributed by atoms with van der Waals surface area (Å²) in [6.07, 6.45) is 4.33. The van der Waals surface area contributed by atoms with Gasteiger partial charge in [-0.1, -0.05) is 23.8 Å². The van der Waals surface area contributed by atoms with E-state index in [-0.39, 0.29) is 0 Å². The lowest BCUT2D eigenvalue weighted by Crippen LogP contribution is -2.05. The van der Waals surface area contributed by atoms with Crippen LogP contribution in [0, 0.1) is 20.8 Å². The lowest BCUT2D eigenvalue weighted by Gasteiger charge is -2.10. The lowest BCUT2D eigenvalue weighted by atomic mass is 9.97. The minimum Gasteiger partial charge on any atom is -0.383 e. The molecule has 1 fully saturated rings. The average Bonchev–Trinajstić information content (AvgIpc) is 3.19. The highest BCUT2D eigenvalue weighted by Gasteiger charge is 2.31. The van der Waals surface area contributed by atoms with Gasteiger partial charge >= 0.3 is 0 Å². The number of imidazole rings is 1. The van der Waals surface area contributed by atoms with E-state index in [0.29, 0.717) is 5.92 Å². The number of nitrogens with zero attached hydrogens (tertiary/aromatic N) is 2. The second-order valence-corrected chi connectivity index (χ2v) is 6.15. The standard InChI is InChI=1S/C18H23N3/c1-5-8-21-17(19)16(20-18(21)14-6-7-14)15-12(3)9-11(2)10-13(15)4/h5,9-10,14H,1,6-8,19H2,2-4H3. The van der Waals surface area contributed by atoms with Crippen LogP contribution in [0.1, 0.15) is 41.3 Å². The molecule has 0 amide bonds.